The number of aryl methyl sites for hydroxylation is 1. The summed E-state index contributed by atoms with van der Waals surface area (Å²) >= 11 is 0. The molecule has 0 aliphatic carbocycles. The Labute approximate surface area is 98.7 Å². The number of nitrogens with two attached hydrogens (primary N) is 1. The maximum atomic E-state index is 13.3. The van der Waals surface area contributed by atoms with E-state index in [9.17, 15) is 12.8 Å². The molecule has 5 nitrogen and oxygen atoms in total. The quantitative estimate of drug-likeness (QED) is 0.738. The number of nitrogen functional groups attached to an aromatic ring is 1. The lowest BCUT2D eigenvalue weighted by atomic mass is 10.2. The van der Waals surface area contributed by atoms with E-state index in [1.54, 1.807) is 0 Å². The third-order valence-corrected chi connectivity index (χ3v) is 4.53. The van der Waals surface area contributed by atoms with Gasteiger partial charge in [0, 0.05) is 13.1 Å². The minimum atomic E-state index is -3.67. The number of rotatable bonds is 2. The highest BCUT2D eigenvalue weighted by Gasteiger charge is 2.35. The standard InChI is InChI=1S/C10H13FN2O3S/c1-6-2-8(3-9(12)10(6)11)17(15,16)13-4-7(14)5-13/h2-3,7,14H,4-5,12H2,1H3. The monoisotopic (exact) mass is 260 g/mol. The van der Waals surface area contributed by atoms with Crippen LogP contribution in [0.25, 0.3) is 0 Å². The summed E-state index contributed by atoms with van der Waals surface area (Å²) in [5.41, 5.74) is 5.39. The van der Waals surface area contributed by atoms with Crippen LogP contribution in [-0.2, 0) is 10.0 Å². The molecule has 17 heavy (non-hydrogen) atoms. The Kier molecular flexibility index (Phi) is 2.84. The summed E-state index contributed by atoms with van der Waals surface area (Å²) in [5.74, 6) is -0.604. The SMILES string of the molecule is Cc1cc(S(=O)(=O)N2CC(O)C2)cc(N)c1F. The van der Waals surface area contributed by atoms with Crippen LogP contribution in [0.3, 0.4) is 0 Å². The molecule has 1 aromatic carbocycles. The third kappa shape index (κ3) is 2.01. The zero-order chi connectivity index (χ0) is 12.8. The number of halogens is 1. The Bertz CT molecular complexity index is 530. The first kappa shape index (κ1) is 12.3. The number of hydrogen-bond acceptors (Lipinski definition) is 4. The lowest BCUT2D eigenvalue weighted by Gasteiger charge is -2.34. The van der Waals surface area contributed by atoms with E-state index < -0.39 is 21.9 Å². The number of nitrogens with zero attached hydrogens (tertiary/aromatic N) is 1. The summed E-state index contributed by atoms with van der Waals surface area (Å²) < 4.78 is 38.4. The van der Waals surface area contributed by atoms with Crippen molar-refractivity contribution >= 4 is 15.7 Å². The van der Waals surface area contributed by atoms with Gasteiger partial charge in [0.1, 0.15) is 5.82 Å². The second-order valence-electron chi connectivity index (χ2n) is 4.12. The molecule has 3 N–H and O–H groups in total. The normalized spacial score (nSPS) is 18.1. The predicted molar refractivity (Wildman–Crippen MR) is 60.3 cm³/mol. The van der Waals surface area contributed by atoms with Gasteiger partial charge in [-0.15, -0.1) is 0 Å². The molecular weight excluding hydrogens is 247 g/mol. The van der Waals surface area contributed by atoms with Gasteiger partial charge in [-0.25, -0.2) is 12.8 Å². The van der Waals surface area contributed by atoms with Gasteiger partial charge in [0.05, 0.1) is 16.7 Å². The van der Waals surface area contributed by atoms with Crippen molar-refractivity contribution in [3.63, 3.8) is 0 Å². The van der Waals surface area contributed by atoms with Gasteiger partial charge in [-0.1, -0.05) is 0 Å². The van der Waals surface area contributed by atoms with E-state index in [0.29, 0.717) is 0 Å². The summed E-state index contributed by atoms with van der Waals surface area (Å²) in [6, 6.07) is 2.34. The van der Waals surface area contributed by atoms with E-state index >= 15 is 0 Å². The molecule has 0 bridgehead atoms. The van der Waals surface area contributed by atoms with E-state index in [1.165, 1.54) is 13.0 Å². The molecule has 1 aromatic rings. The van der Waals surface area contributed by atoms with Gasteiger partial charge in [0.25, 0.3) is 0 Å². The number of hydrogen-bond donors (Lipinski definition) is 2. The molecule has 0 atom stereocenters. The average molecular weight is 260 g/mol. The van der Waals surface area contributed by atoms with Crippen LogP contribution < -0.4 is 5.73 Å². The van der Waals surface area contributed by atoms with Crippen LogP contribution >= 0.6 is 0 Å². The molecule has 2 rings (SSSR count). The van der Waals surface area contributed by atoms with Crippen LogP contribution in [-0.4, -0.2) is 37.0 Å². The average Bonchev–Trinajstić information content (AvgIpc) is 2.20. The molecule has 0 spiro atoms. The number of benzene rings is 1. The van der Waals surface area contributed by atoms with E-state index in [-0.39, 0.29) is 29.2 Å². The van der Waals surface area contributed by atoms with Crippen LogP contribution in [0.1, 0.15) is 5.56 Å². The summed E-state index contributed by atoms with van der Waals surface area (Å²) in [5, 5.41) is 9.09. The minimum Gasteiger partial charge on any atom is -0.396 e. The molecule has 1 heterocycles. The lowest BCUT2D eigenvalue weighted by Crippen LogP contribution is -2.53. The highest BCUT2D eigenvalue weighted by Crippen LogP contribution is 2.26. The summed E-state index contributed by atoms with van der Waals surface area (Å²) in [7, 11) is -3.67. The summed E-state index contributed by atoms with van der Waals surface area (Å²) in [4.78, 5) is -0.0409. The van der Waals surface area contributed by atoms with Crippen LogP contribution in [0.4, 0.5) is 10.1 Å². The van der Waals surface area contributed by atoms with Crippen LogP contribution in [0.2, 0.25) is 0 Å². The van der Waals surface area contributed by atoms with Crippen molar-refractivity contribution in [2.24, 2.45) is 0 Å². The molecular formula is C10H13FN2O3S. The molecule has 1 saturated heterocycles. The molecule has 0 amide bonds. The molecule has 0 aromatic heterocycles. The van der Waals surface area contributed by atoms with Gasteiger partial charge in [-0.3, -0.25) is 0 Å². The number of aliphatic hydroxyl groups excluding tert-OH is 1. The van der Waals surface area contributed by atoms with Gasteiger partial charge in [-0.2, -0.15) is 4.31 Å². The summed E-state index contributed by atoms with van der Waals surface area (Å²) in [6.07, 6.45) is -0.622. The van der Waals surface area contributed by atoms with Crippen molar-refractivity contribution in [2.75, 3.05) is 18.8 Å². The maximum absolute atomic E-state index is 13.3. The van der Waals surface area contributed by atoms with Crippen molar-refractivity contribution < 1.29 is 17.9 Å². The molecule has 1 aliphatic heterocycles. The maximum Gasteiger partial charge on any atom is 0.243 e. The molecule has 1 fully saturated rings. The topological polar surface area (TPSA) is 83.6 Å². The minimum absolute atomic E-state index is 0.0409. The lowest BCUT2D eigenvalue weighted by molar-refractivity contribution is 0.0548. The van der Waals surface area contributed by atoms with Crippen molar-refractivity contribution in [1.29, 1.82) is 0 Å². The highest BCUT2D eigenvalue weighted by atomic mass is 32.2. The number of β-amino-alcohol motifs (C(OH)–C–C–N with tert-alkyl or cyclic N) is 1. The third-order valence-electron chi connectivity index (χ3n) is 2.72. The fourth-order valence-electron chi connectivity index (χ4n) is 1.67. The first-order valence-electron chi connectivity index (χ1n) is 5.06. The molecule has 0 radical (unpaired) electrons. The van der Waals surface area contributed by atoms with Crippen molar-refractivity contribution in [1.82, 2.24) is 4.31 Å². The Balaban J connectivity index is 2.41. The fraction of sp³-hybridized carbons (Fsp3) is 0.400. The Morgan fingerprint density at radius 3 is 2.53 bits per heavy atom. The predicted octanol–water partition coefficient (Wildman–Crippen LogP) is 0.0815. The first-order chi connectivity index (χ1) is 7.82. The second kappa shape index (κ2) is 3.94. The van der Waals surface area contributed by atoms with Gasteiger partial charge >= 0.3 is 0 Å². The molecule has 94 valence electrons. The highest BCUT2D eigenvalue weighted by molar-refractivity contribution is 7.89. The molecule has 0 saturated carbocycles. The number of aliphatic hydroxyl groups is 1. The number of sulfonamides is 1. The van der Waals surface area contributed by atoms with Gasteiger partial charge in [0.15, 0.2) is 0 Å². The van der Waals surface area contributed by atoms with E-state index in [1.807, 2.05) is 0 Å². The van der Waals surface area contributed by atoms with Crippen LogP contribution in [0, 0.1) is 12.7 Å². The Morgan fingerprint density at radius 1 is 1.47 bits per heavy atom. The van der Waals surface area contributed by atoms with Crippen LogP contribution in [0.15, 0.2) is 17.0 Å². The second-order valence-corrected chi connectivity index (χ2v) is 6.06. The largest absolute Gasteiger partial charge is 0.396 e. The fourth-order valence-corrected chi connectivity index (χ4v) is 3.31. The van der Waals surface area contributed by atoms with Crippen LogP contribution in [0.5, 0.6) is 0 Å². The Morgan fingerprint density at radius 2 is 2.06 bits per heavy atom. The number of anilines is 1. The van der Waals surface area contributed by atoms with Crippen molar-refractivity contribution in [3.8, 4) is 0 Å². The first-order valence-corrected chi connectivity index (χ1v) is 6.50. The van der Waals surface area contributed by atoms with Gasteiger partial charge < -0.3 is 10.8 Å². The van der Waals surface area contributed by atoms with Crippen molar-refractivity contribution in [3.05, 3.63) is 23.5 Å². The molecule has 1 aliphatic rings. The Hall–Kier alpha value is -1.18. The van der Waals surface area contributed by atoms with Crippen molar-refractivity contribution in [2.45, 2.75) is 17.9 Å². The smallest absolute Gasteiger partial charge is 0.243 e. The molecule has 7 heteroatoms. The summed E-state index contributed by atoms with van der Waals surface area (Å²) in [6.45, 7) is 1.59. The zero-order valence-electron chi connectivity index (χ0n) is 9.22. The van der Waals surface area contributed by atoms with Gasteiger partial charge in [-0.05, 0) is 24.6 Å². The van der Waals surface area contributed by atoms with Gasteiger partial charge in [0.2, 0.25) is 10.0 Å². The van der Waals surface area contributed by atoms with E-state index in [4.69, 9.17) is 10.8 Å². The van der Waals surface area contributed by atoms with E-state index in [0.717, 1.165) is 10.4 Å². The van der Waals surface area contributed by atoms with E-state index in [2.05, 4.69) is 0 Å². The molecule has 0 unspecified atom stereocenters. The zero-order valence-corrected chi connectivity index (χ0v) is 10.0.